The smallest absolute Gasteiger partial charge is 0.416 e. The molecule has 1 atom stereocenters. The number of piperidine rings is 1. The second kappa shape index (κ2) is 9.79. The van der Waals surface area contributed by atoms with E-state index in [2.05, 4.69) is 19.9 Å². The topological polar surface area (TPSA) is 84.0 Å². The largest absolute Gasteiger partial charge is 0.466 e. The molecule has 0 bridgehead atoms. The molecule has 11 heteroatoms. The molecule has 0 radical (unpaired) electrons. The zero-order chi connectivity index (χ0) is 26.2. The third-order valence-electron chi connectivity index (χ3n) is 6.33. The summed E-state index contributed by atoms with van der Waals surface area (Å²) >= 11 is 0. The molecule has 7 nitrogen and oxygen atoms in total. The zero-order valence-corrected chi connectivity index (χ0v) is 19.8. The summed E-state index contributed by atoms with van der Waals surface area (Å²) in [6.45, 7) is 3.31. The van der Waals surface area contributed by atoms with Crippen LogP contribution >= 0.6 is 0 Å². The molecule has 37 heavy (non-hydrogen) atoms. The number of halogens is 4. The average molecular weight is 513 g/mol. The molecule has 1 aliphatic heterocycles. The molecule has 0 spiro atoms. The first kappa shape index (κ1) is 24.7. The van der Waals surface area contributed by atoms with E-state index < -0.39 is 17.6 Å². The van der Waals surface area contributed by atoms with Crippen LogP contribution in [0, 0.1) is 11.7 Å². The van der Waals surface area contributed by atoms with Crippen molar-refractivity contribution in [2.24, 2.45) is 5.92 Å². The van der Waals surface area contributed by atoms with Gasteiger partial charge in [0.05, 0.1) is 34.7 Å². The minimum Gasteiger partial charge on any atom is -0.466 e. The molecule has 2 aromatic heterocycles. The summed E-state index contributed by atoms with van der Waals surface area (Å²) in [6.07, 6.45) is 0.268. The van der Waals surface area contributed by atoms with Crippen molar-refractivity contribution in [3.63, 3.8) is 0 Å². The number of nitrogens with one attached hydrogen (secondary N) is 1. The van der Waals surface area contributed by atoms with Gasteiger partial charge in [-0.1, -0.05) is 6.07 Å². The number of H-pyrrole nitrogens is 1. The number of benzene rings is 2. The predicted molar refractivity (Wildman–Crippen MR) is 129 cm³/mol. The van der Waals surface area contributed by atoms with Gasteiger partial charge in [-0.05, 0) is 55.7 Å². The molecule has 1 saturated heterocycles. The highest BCUT2D eigenvalue weighted by molar-refractivity contribution is 5.81. The first-order chi connectivity index (χ1) is 17.7. The number of nitrogens with zero attached hydrogens (tertiary/aromatic N) is 4. The van der Waals surface area contributed by atoms with Crippen molar-refractivity contribution in [3.8, 4) is 22.5 Å². The van der Waals surface area contributed by atoms with Crippen molar-refractivity contribution in [1.82, 2.24) is 19.9 Å². The van der Waals surface area contributed by atoms with E-state index in [1.807, 2.05) is 4.90 Å². The van der Waals surface area contributed by atoms with Crippen molar-refractivity contribution in [1.29, 1.82) is 0 Å². The van der Waals surface area contributed by atoms with Gasteiger partial charge in [-0.3, -0.25) is 4.79 Å². The summed E-state index contributed by atoms with van der Waals surface area (Å²) in [6, 6.07) is 7.63. The van der Waals surface area contributed by atoms with E-state index in [0.29, 0.717) is 35.7 Å². The number of rotatable bonds is 5. The van der Waals surface area contributed by atoms with Crippen molar-refractivity contribution in [2.75, 3.05) is 24.6 Å². The lowest BCUT2D eigenvalue weighted by atomic mass is 9.98. The van der Waals surface area contributed by atoms with E-state index in [1.165, 1.54) is 18.2 Å². The fourth-order valence-electron chi connectivity index (χ4n) is 4.45. The maximum Gasteiger partial charge on any atom is 0.416 e. The number of aromatic amines is 1. The van der Waals surface area contributed by atoms with Crippen LogP contribution in [0.15, 0.2) is 48.8 Å². The van der Waals surface area contributed by atoms with E-state index >= 15 is 4.39 Å². The highest BCUT2D eigenvalue weighted by atomic mass is 19.4. The number of esters is 1. The summed E-state index contributed by atoms with van der Waals surface area (Å²) in [5, 5.41) is 0. The lowest BCUT2D eigenvalue weighted by molar-refractivity contribution is -0.148. The Morgan fingerprint density at radius 3 is 2.62 bits per heavy atom. The molecule has 0 aliphatic carbocycles. The summed E-state index contributed by atoms with van der Waals surface area (Å²) in [7, 11) is 0. The van der Waals surface area contributed by atoms with Gasteiger partial charge >= 0.3 is 12.1 Å². The number of carbonyl (C=O) groups is 1. The molecule has 192 valence electrons. The standard InChI is InChI=1S/C26H23F4N5O2/c1-2-37-24(36)16-4-3-9-35(14-16)25-31-12-17(13-32-25)15-5-7-19(20(27)10-15)23-33-21-8-6-18(26(28,29)30)11-22(21)34-23/h5-8,10-13,16H,2-4,9,14H2,1H3,(H,33,34). The molecule has 1 fully saturated rings. The van der Waals surface area contributed by atoms with Gasteiger partial charge in [0.1, 0.15) is 11.6 Å². The van der Waals surface area contributed by atoms with Crippen molar-refractivity contribution in [2.45, 2.75) is 25.9 Å². The minimum absolute atomic E-state index is 0.129. The van der Waals surface area contributed by atoms with Crippen LogP contribution in [0.2, 0.25) is 0 Å². The van der Waals surface area contributed by atoms with E-state index in [-0.39, 0.29) is 28.8 Å². The number of carbonyl (C=O) groups excluding carboxylic acids is 1. The molecule has 2 aromatic carbocycles. The number of ether oxygens (including phenoxy) is 1. The molecule has 1 aliphatic rings. The molecule has 3 heterocycles. The average Bonchev–Trinajstić information content (AvgIpc) is 3.32. The summed E-state index contributed by atoms with van der Waals surface area (Å²) < 4.78 is 59.2. The van der Waals surface area contributed by atoms with Crippen LogP contribution in [0.25, 0.3) is 33.5 Å². The number of hydrogen-bond donors (Lipinski definition) is 1. The maximum atomic E-state index is 15.0. The quantitative estimate of drug-likeness (QED) is 0.275. The molecule has 0 amide bonds. The molecule has 1 N–H and O–H groups in total. The Labute approximate surface area is 209 Å². The molecule has 4 aromatic rings. The normalized spacial score (nSPS) is 16.2. The summed E-state index contributed by atoms with van der Waals surface area (Å²) in [4.78, 5) is 29.9. The third kappa shape index (κ3) is 5.11. The molecular weight excluding hydrogens is 490 g/mol. The van der Waals surface area contributed by atoms with E-state index in [4.69, 9.17) is 4.74 Å². The van der Waals surface area contributed by atoms with Crippen LogP contribution in [-0.4, -0.2) is 45.6 Å². The maximum absolute atomic E-state index is 15.0. The van der Waals surface area contributed by atoms with Gasteiger partial charge in [0.2, 0.25) is 5.95 Å². The number of fused-ring (bicyclic) bond motifs is 1. The number of imidazole rings is 1. The van der Waals surface area contributed by atoms with Crippen LogP contribution in [0.4, 0.5) is 23.5 Å². The molecule has 0 saturated carbocycles. The van der Waals surface area contributed by atoms with Crippen molar-refractivity contribution < 1.29 is 27.1 Å². The Bertz CT molecular complexity index is 1440. The number of hydrogen-bond acceptors (Lipinski definition) is 6. The molecule has 1 unspecified atom stereocenters. The van der Waals surface area contributed by atoms with Gasteiger partial charge in [-0.15, -0.1) is 0 Å². The fourth-order valence-corrected chi connectivity index (χ4v) is 4.45. The van der Waals surface area contributed by atoms with E-state index in [9.17, 15) is 18.0 Å². The van der Waals surface area contributed by atoms with E-state index in [1.54, 1.807) is 25.4 Å². The van der Waals surface area contributed by atoms with Crippen LogP contribution in [0.1, 0.15) is 25.3 Å². The van der Waals surface area contributed by atoms with Crippen LogP contribution < -0.4 is 4.90 Å². The zero-order valence-electron chi connectivity index (χ0n) is 19.8. The van der Waals surface area contributed by atoms with Gasteiger partial charge in [0.15, 0.2) is 0 Å². The van der Waals surface area contributed by atoms with Crippen LogP contribution in [0.3, 0.4) is 0 Å². The predicted octanol–water partition coefficient (Wildman–Crippen LogP) is 5.62. The fraction of sp³-hybridized carbons (Fsp3) is 0.308. The SMILES string of the molecule is CCOC(=O)C1CCCN(c2ncc(-c3ccc(-c4nc5ccc(C(F)(F)F)cc5[nH]4)c(F)c3)cn2)C1. The lowest BCUT2D eigenvalue weighted by Crippen LogP contribution is -2.40. The Balaban J connectivity index is 1.34. The Hall–Kier alpha value is -4.02. The highest BCUT2D eigenvalue weighted by Gasteiger charge is 2.31. The summed E-state index contributed by atoms with van der Waals surface area (Å²) in [5.74, 6) is -0.423. The van der Waals surface area contributed by atoms with Crippen LogP contribution in [0.5, 0.6) is 0 Å². The lowest BCUT2D eigenvalue weighted by Gasteiger charge is -2.31. The monoisotopic (exact) mass is 513 g/mol. The van der Waals surface area contributed by atoms with Gasteiger partial charge in [-0.25, -0.2) is 19.3 Å². The summed E-state index contributed by atoms with van der Waals surface area (Å²) in [5.41, 5.74) is 0.914. The van der Waals surface area contributed by atoms with Crippen molar-refractivity contribution in [3.05, 3.63) is 60.2 Å². The first-order valence-electron chi connectivity index (χ1n) is 11.8. The van der Waals surface area contributed by atoms with Crippen LogP contribution in [-0.2, 0) is 15.7 Å². The van der Waals surface area contributed by atoms with Gasteiger partial charge in [0, 0.05) is 31.0 Å². The highest BCUT2D eigenvalue weighted by Crippen LogP contribution is 2.33. The van der Waals surface area contributed by atoms with Gasteiger partial charge in [0.25, 0.3) is 0 Å². The minimum atomic E-state index is -4.49. The number of aromatic nitrogens is 4. The molecule has 5 rings (SSSR count). The third-order valence-corrected chi connectivity index (χ3v) is 6.33. The first-order valence-corrected chi connectivity index (χ1v) is 11.8. The second-order valence-corrected chi connectivity index (χ2v) is 8.82. The number of alkyl halides is 3. The van der Waals surface area contributed by atoms with Gasteiger partial charge < -0.3 is 14.6 Å². The Morgan fingerprint density at radius 2 is 1.92 bits per heavy atom. The Kier molecular flexibility index (Phi) is 6.53. The van der Waals surface area contributed by atoms with Gasteiger partial charge in [-0.2, -0.15) is 13.2 Å². The molecular formula is C26H23F4N5O2. The second-order valence-electron chi connectivity index (χ2n) is 8.82. The van der Waals surface area contributed by atoms with E-state index in [0.717, 1.165) is 31.5 Å². The number of anilines is 1. The van der Waals surface area contributed by atoms with Crippen molar-refractivity contribution >= 4 is 23.0 Å². The Morgan fingerprint density at radius 1 is 1.14 bits per heavy atom.